The minimum Gasteiger partial charge on any atom is -0.393 e. The molecule has 1 aliphatic rings. The zero-order valence-electron chi connectivity index (χ0n) is 9.96. The molecule has 3 nitrogen and oxygen atoms in total. The minimum atomic E-state index is -3.10. The van der Waals surface area contributed by atoms with Gasteiger partial charge in [0.05, 0.1) is 11.0 Å². The molecule has 2 rings (SSSR count). The lowest BCUT2D eigenvalue weighted by atomic mass is 9.83. The van der Waals surface area contributed by atoms with E-state index in [9.17, 15) is 13.5 Å². The Morgan fingerprint density at radius 2 is 1.59 bits per heavy atom. The van der Waals surface area contributed by atoms with Gasteiger partial charge in [0.15, 0.2) is 9.84 Å². The van der Waals surface area contributed by atoms with Gasteiger partial charge < -0.3 is 5.11 Å². The van der Waals surface area contributed by atoms with Crippen LogP contribution in [0.1, 0.15) is 37.2 Å². The van der Waals surface area contributed by atoms with Crippen LogP contribution in [0.3, 0.4) is 0 Å². The Morgan fingerprint density at radius 1 is 1.06 bits per heavy atom. The fourth-order valence-electron chi connectivity index (χ4n) is 2.40. The molecule has 0 unspecified atom stereocenters. The van der Waals surface area contributed by atoms with E-state index in [0.717, 1.165) is 25.7 Å². The molecule has 17 heavy (non-hydrogen) atoms. The summed E-state index contributed by atoms with van der Waals surface area (Å²) in [5, 5.41) is 9.45. The number of hydrogen-bond donors (Lipinski definition) is 1. The Kier molecular flexibility index (Phi) is 3.54. The molecule has 1 saturated carbocycles. The number of benzene rings is 1. The van der Waals surface area contributed by atoms with Crippen molar-refractivity contribution in [1.29, 1.82) is 0 Å². The van der Waals surface area contributed by atoms with Crippen LogP contribution < -0.4 is 0 Å². The Morgan fingerprint density at radius 3 is 2.06 bits per heavy atom. The first-order valence-corrected chi connectivity index (χ1v) is 7.84. The fraction of sp³-hybridized carbons (Fsp3) is 0.538. The molecule has 0 aliphatic heterocycles. The van der Waals surface area contributed by atoms with E-state index in [1.165, 1.54) is 11.8 Å². The van der Waals surface area contributed by atoms with E-state index >= 15 is 0 Å². The molecule has 0 radical (unpaired) electrons. The molecule has 0 amide bonds. The smallest absolute Gasteiger partial charge is 0.175 e. The quantitative estimate of drug-likeness (QED) is 0.879. The van der Waals surface area contributed by atoms with E-state index in [1.54, 1.807) is 12.1 Å². The summed E-state index contributed by atoms with van der Waals surface area (Å²) in [4.78, 5) is 0.372. The lowest BCUT2D eigenvalue weighted by Crippen LogP contribution is -2.16. The first kappa shape index (κ1) is 12.6. The van der Waals surface area contributed by atoms with Gasteiger partial charge in [-0.2, -0.15) is 0 Å². The lowest BCUT2D eigenvalue weighted by molar-refractivity contribution is 0.122. The van der Waals surface area contributed by atoms with Crippen molar-refractivity contribution < 1.29 is 13.5 Å². The highest BCUT2D eigenvalue weighted by molar-refractivity contribution is 7.90. The maximum atomic E-state index is 11.3. The average molecular weight is 254 g/mol. The van der Waals surface area contributed by atoms with Gasteiger partial charge in [0.25, 0.3) is 0 Å². The van der Waals surface area contributed by atoms with Gasteiger partial charge in [-0.25, -0.2) is 8.42 Å². The first-order chi connectivity index (χ1) is 7.97. The van der Waals surface area contributed by atoms with Gasteiger partial charge in [-0.3, -0.25) is 0 Å². The van der Waals surface area contributed by atoms with Crippen molar-refractivity contribution in [1.82, 2.24) is 0 Å². The van der Waals surface area contributed by atoms with E-state index in [0.29, 0.717) is 10.8 Å². The molecule has 0 spiro atoms. The standard InChI is InChI=1S/C13H18O3S/c1-17(15,16)13-8-4-11(5-9-13)10-2-6-12(14)7-3-10/h4-5,8-10,12,14H,2-3,6-7H2,1H3. The van der Waals surface area contributed by atoms with Crippen LogP contribution in [0.4, 0.5) is 0 Å². The van der Waals surface area contributed by atoms with Crippen LogP contribution in [-0.2, 0) is 9.84 Å². The number of rotatable bonds is 2. The summed E-state index contributed by atoms with van der Waals surface area (Å²) in [6, 6.07) is 7.16. The highest BCUT2D eigenvalue weighted by atomic mass is 32.2. The van der Waals surface area contributed by atoms with Gasteiger partial charge >= 0.3 is 0 Å². The largest absolute Gasteiger partial charge is 0.393 e. The second-order valence-electron chi connectivity index (χ2n) is 4.85. The summed E-state index contributed by atoms with van der Waals surface area (Å²) in [7, 11) is -3.10. The molecule has 0 atom stereocenters. The molecule has 1 N–H and O–H groups in total. The monoisotopic (exact) mass is 254 g/mol. The van der Waals surface area contributed by atoms with Gasteiger partial charge in [0.1, 0.15) is 0 Å². The Labute approximate surface area is 102 Å². The van der Waals surface area contributed by atoms with E-state index in [2.05, 4.69) is 0 Å². The van der Waals surface area contributed by atoms with Crippen LogP contribution in [0.25, 0.3) is 0 Å². The number of sulfone groups is 1. The van der Waals surface area contributed by atoms with Crippen molar-refractivity contribution >= 4 is 9.84 Å². The number of aliphatic hydroxyl groups is 1. The topological polar surface area (TPSA) is 54.4 Å². The van der Waals surface area contributed by atoms with Crippen molar-refractivity contribution in [3.8, 4) is 0 Å². The predicted molar refractivity (Wildman–Crippen MR) is 66.8 cm³/mol. The SMILES string of the molecule is CS(=O)(=O)c1ccc(C2CCC(O)CC2)cc1. The molecular weight excluding hydrogens is 236 g/mol. The normalized spacial score (nSPS) is 25.8. The van der Waals surface area contributed by atoms with Crippen molar-refractivity contribution in [2.75, 3.05) is 6.26 Å². The summed E-state index contributed by atoms with van der Waals surface area (Å²) in [5.41, 5.74) is 1.18. The molecular formula is C13H18O3S. The second-order valence-corrected chi connectivity index (χ2v) is 6.86. The maximum Gasteiger partial charge on any atom is 0.175 e. The number of hydrogen-bond acceptors (Lipinski definition) is 3. The summed E-state index contributed by atoms with van der Waals surface area (Å²) in [5.74, 6) is 0.465. The summed E-state index contributed by atoms with van der Waals surface area (Å²) < 4.78 is 22.7. The van der Waals surface area contributed by atoms with Gasteiger partial charge in [0, 0.05) is 6.26 Å². The Hall–Kier alpha value is -0.870. The van der Waals surface area contributed by atoms with Gasteiger partial charge in [0.2, 0.25) is 0 Å². The van der Waals surface area contributed by atoms with E-state index in [-0.39, 0.29) is 6.10 Å². The lowest BCUT2D eigenvalue weighted by Gasteiger charge is -2.25. The third-order valence-electron chi connectivity index (χ3n) is 3.48. The van der Waals surface area contributed by atoms with E-state index in [1.807, 2.05) is 12.1 Å². The first-order valence-electron chi connectivity index (χ1n) is 5.95. The van der Waals surface area contributed by atoms with Crippen molar-refractivity contribution in [3.63, 3.8) is 0 Å². The maximum absolute atomic E-state index is 11.3. The van der Waals surface area contributed by atoms with E-state index in [4.69, 9.17) is 0 Å². The van der Waals surface area contributed by atoms with Crippen LogP contribution in [-0.4, -0.2) is 25.9 Å². The second kappa shape index (κ2) is 4.78. The van der Waals surface area contributed by atoms with Crippen molar-refractivity contribution in [2.24, 2.45) is 0 Å². The highest BCUT2D eigenvalue weighted by Gasteiger charge is 2.20. The molecule has 0 saturated heterocycles. The number of aliphatic hydroxyl groups excluding tert-OH is 1. The van der Waals surface area contributed by atoms with E-state index < -0.39 is 9.84 Å². The van der Waals surface area contributed by atoms with Crippen LogP contribution in [0, 0.1) is 0 Å². The Bertz CT molecular complexity index is 468. The van der Waals surface area contributed by atoms with Gasteiger partial charge in [-0.05, 0) is 49.3 Å². The molecule has 0 heterocycles. The summed E-state index contributed by atoms with van der Waals surface area (Å²) in [6.07, 6.45) is 4.73. The van der Waals surface area contributed by atoms with Crippen LogP contribution >= 0.6 is 0 Å². The van der Waals surface area contributed by atoms with Gasteiger partial charge in [-0.15, -0.1) is 0 Å². The van der Waals surface area contributed by atoms with Crippen molar-refractivity contribution in [2.45, 2.75) is 42.6 Å². The zero-order chi connectivity index (χ0) is 12.5. The van der Waals surface area contributed by atoms with Crippen LogP contribution in [0.5, 0.6) is 0 Å². The third kappa shape index (κ3) is 3.07. The molecule has 0 aromatic heterocycles. The third-order valence-corrected chi connectivity index (χ3v) is 4.60. The summed E-state index contributed by atoms with van der Waals surface area (Å²) >= 11 is 0. The molecule has 1 fully saturated rings. The molecule has 4 heteroatoms. The highest BCUT2D eigenvalue weighted by Crippen LogP contribution is 2.33. The zero-order valence-corrected chi connectivity index (χ0v) is 10.8. The van der Waals surface area contributed by atoms with Crippen LogP contribution in [0.2, 0.25) is 0 Å². The van der Waals surface area contributed by atoms with Crippen LogP contribution in [0.15, 0.2) is 29.2 Å². The molecule has 1 aliphatic carbocycles. The van der Waals surface area contributed by atoms with Crippen molar-refractivity contribution in [3.05, 3.63) is 29.8 Å². The molecule has 94 valence electrons. The predicted octanol–water partition coefficient (Wildman–Crippen LogP) is 2.11. The minimum absolute atomic E-state index is 0.151. The average Bonchev–Trinajstić information content (AvgIpc) is 2.29. The molecule has 0 bridgehead atoms. The van der Waals surface area contributed by atoms with Gasteiger partial charge in [-0.1, -0.05) is 12.1 Å². The fourth-order valence-corrected chi connectivity index (χ4v) is 3.03. The summed E-state index contributed by atoms with van der Waals surface area (Å²) in [6.45, 7) is 0. The Balaban J connectivity index is 2.13. The molecule has 1 aromatic rings. The molecule has 1 aromatic carbocycles.